The van der Waals surface area contributed by atoms with Crippen molar-refractivity contribution in [3.63, 3.8) is 0 Å². The molecule has 4 rings (SSSR count). The quantitative estimate of drug-likeness (QED) is 0.692. The number of benzene rings is 1. The maximum atomic E-state index is 12.1. The van der Waals surface area contributed by atoms with Gasteiger partial charge in [0.15, 0.2) is 17.4 Å². The molecule has 2 aromatic heterocycles. The Labute approximate surface area is 154 Å². The number of nitrogens with one attached hydrogen (secondary N) is 1. The zero-order chi connectivity index (χ0) is 17.9. The molecule has 134 valence electrons. The van der Waals surface area contributed by atoms with Crippen LogP contribution in [-0.2, 0) is 9.53 Å². The second-order valence-electron chi connectivity index (χ2n) is 6.28. The molecule has 3 aromatic rings. The maximum Gasteiger partial charge on any atom is 0.374 e. The first-order valence-corrected chi connectivity index (χ1v) is 9.43. The van der Waals surface area contributed by atoms with E-state index >= 15 is 0 Å². The first-order valence-electron chi connectivity index (χ1n) is 8.61. The van der Waals surface area contributed by atoms with E-state index in [0.717, 1.165) is 35.9 Å². The summed E-state index contributed by atoms with van der Waals surface area (Å²) in [6.07, 6.45) is 4.24. The van der Waals surface area contributed by atoms with Gasteiger partial charge in [0.2, 0.25) is 5.76 Å². The van der Waals surface area contributed by atoms with Crippen LogP contribution in [0.25, 0.3) is 21.0 Å². The summed E-state index contributed by atoms with van der Waals surface area (Å²) < 4.78 is 11.7. The number of ether oxygens (including phenoxy) is 1. The molecule has 1 aliphatic rings. The average Bonchev–Trinajstić information content (AvgIpc) is 3.38. The lowest BCUT2D eigenvalue weighted by atomic mass is 10.2. The number of fused-ring (bicyclic) bond motifs is 1. The van der Waals surface area contributed by atoms with Crippen LogP contribution in [0, 0.1) is 0 Å². The second-order valence-corrected chi connectivity index (χ2v) is 7.31. The molecule has 1 aliphatic carbocycles. The predicted molar refractivity (Wildman–Crippen MR) is 98.0 cm³/mol. The second kappa shape index (κ2) is 7.29. The van der Waals surface area contributed by atoms with E-state index in [9.17, 15) is 9.59 Å². The lowest BCUT2D eigenvalue weighted by Crippen LogP contribution is -2.35. The van der Waals surface area contributed by atoms with E-state index in [1.807, 2.05) is 24.3 Å². The fourth-order valence-electron chi connectivity index (χ4n) is 3.08. The Kier molecular flexibility index (Phi) is 4.71. The first kappa shape index (κ1) is 16.8. The minimum atomic E-state index is -0.654. The molecular formula is C19H18N2O4S. The molecule has 0 spiro atoms. The molecule has 1 aromatic carbocycles. The van der Waals surface area contributed by atoms with Gasteiger partial charge in [0.1, 0.15) is 0 Å². The van der Waals surface area contributed by atoms with E-state index in [2.05, 4.69) is 10.3 Å². The minimum Gasteiger partial charge on any atom is -0.450 e. The Morgan fingerprint density at radius 3 is 2.81 bits per heavy atom. The van der Waals surface area contributed by atoms with Gasteiger partial charge in [-0.05, 0) is 37.1 Å². The molecule has 0 saturated heterocycles. The van der Waals surface area contributed by atoms with Crippen molar-refractivity contribution >= 4 is 33.4 Å². The Bertz CT molecular complexity index is 907. The normalized spacial score (nSPS) is 14.6. The van der Waals surface area contributed by atoms with E-state index in [4.69, 9.17) is 9.15 Å². The number of thiazole rings is 1. The van der Waals surface area contributed by atoms with Crippen LogP contribution < -0.4 is 5.32 Å². The van der Waals surface area contributed by atoms with Crippen LogP contribution in [0.15, 0.2) is 40.8 Å². The number of amides is 1. The minimum absolute atomic E-state index is 0.0629. The molecule has 2 heterocycles. The van der Waals surface area contributed by atoms with Crippen LogP contribution in [0.3, 0.4) is 0 Å². The Morgan fingerprint density at radius 2 is 2.00 bits per heavy atom. The summed E-state index contributed by atoms with van der Waals surface area (Å²) in [4.78, 5) is 28.4. The number of carbonyl (C=O) groups is 2. The summed E-state index contributed by atoms with van der Waals surface area (Å²) in [7, 11) is 0. The van der Waals surface area contributed by atoms with Crippen molar-refractivity contribution in [3.05, 3.63) is 42.2 Å². The van der Waals surface area contributed by atoms with Gasteiger partial charge in [-0.15, -0.1) is 11.3 Å². The smallest absolute Gasteiger partial charge is 0.374 e. The van der Waals surface area contributed by atoms with Crippen molar-refractivity contribution in [1.29, 1.82) is 0 Å². The average molecular weight is 370 g/mol. The molecule has 1 saturated carbocycles. The molecule has 1 amide bonds. The van der Waals surface area contributed by atoms with Crippen LogP contribution in [0.1, 0.15) is 36.2 Å². The predicted octanol–water partition coefficient (Wildman–Crippen LogP) is 3.77. The molecule has 0 radical (unpaired) electrons. The number of rotatable bonds is 5. The van der Waals surface area contributed by atoms with Crippen molar-refractivity contribution in [1.82, 2.24) is 10.3 Å². The van der Waals surface area contributed by atoms with Gasteiger partial charge in [-0.25, -0.2) is 9.78 Å². The lowest BCUT2D eigenvalue weighted by Gasteiger charge is -2.11. The molecule has 0 bridgehead atoms. The van der Waals surface area contributed by atoms with Gasteiger partial charge in [-0.2, -0.15) is 0 Å². The van der Waals surface area contributed by atoms with Gasteiger partial charge in [-0.1, -0.05) is 25.0 Å². The molecular weight excluding hydrogens is 352 g/mol. The summed E-state index contributed by atoms with van der Waals surface area (Å²) in [6, 6.07) is 11.2. The van der Waals surface area contributed by atoms with E-state index < -0.39 is 5.97 Å². The Balaban J connectivity index is 1.37. The molecule has 0 aliphatic heterocycles. The molecule has 7 heteroatoms. The summed E-state index contributed by atoms with van der Waals surface area (Å²) in [6.45, 7) is -0.299. The third-order valence-corrected chi connectivity index (χ3v) is 5.42. The molecule has 0 atom stereocenters. The highest BCUT2D eigenvalue weighted by molar-refractivity contribution is 7.21. The number of hydrogen-bond acceptors (Lipinski definition) is 6. The van der Waals surface area contributed by atoms with Crippen LogP contribution >= 0.6 is 11.3 Å². The molecule has 26 heavy (non-hydrogen) atoms. The van der Waals surface area contributed by atoms with Crippen molar-refractivity contribution < 1.29 is 18.7 Å². The van der Waals surface area contributed by atoms with Gasteiger partial charge in [0.25, 0.3) is 5.91 Å². The molecule has 1 fully saturated rings. The molecule has 6 nitrogen and oxygen atoms in total. The van der Waals surface area contributed by atoms with Gasteiger partial charge in [0, 0.05) is 6.04 Å². The first-order chi connectivity index (χ1) is 12.7. The number of hydrogen-bond donors (Lipinski definition) is 1. The standard InChI is InChI=1S/C19H18N2O4S/c22-17(20-12-5-1-2-6-12)11-24-19(23)15-10-9-14(25-15)18-21-13-7-3-4-8-16(13)26-18/h3-4,7-10,12H,1-2,5-6,11H2,(H,20,22). The number of nitrogens with zero attached hydrogens (tertiary/aromatic N) is 1. The van der Waals surface area contributed by atoms with Gasteiger partial charge in [-0.3, -0.25) is 4.79 Å². The zero-order valence-corrected chi connectivity index (χ0v) is 14.9. The third kappa shape index (κ3) is 3.62. The van der Waals surface area contributed by atoms with Crippen molar-refractivity contribution in [2.75, 3.05) is 6.61 Å². The third-order valence-electron chi connectivity index (χ3n) is 4.37. The van der Waals surface area contributed by atoms with E-state index in [1.165, 1.54) is 11.3 Å². The Hall–Kier alpha value is -2.67. The number of carbonyl (C=O) groups excluding carboxylic acids is 2. The van der Waals surface area contributed by atoms with E-state index in [1.54, 1.807) is 12.1 Å². The largest absolute Gasteiger partial charge is 0.450 e. The maximum absolute atomic E-state index is 12.1. The van der Waals surface area contributed by atoms with Crippen LogP contribution in [0.2, 0.25) is 0 Å². The lowest BCUT2D eigenvalue weighted by molar-refractivity contribution is -0.124. The van der Waals surface area contributed by atoms with Gasteiger partial charge in [0.05, 0.1) is 10.2 Å². The Morgan fingerprint density at radius 1 is 1.19 bits per heavy atom. The van der Waals surface area contributed by atoms with Crippen molar-refractivity contribution in [2.24, 2.45) is 0 Å². The number of aromatic nitrogens is 1. The molecule has 0 unspecified atom stereocenters. The van der Waals surface area contributed by atoms with E-state index in [-0.39, 0.29) is 24.3 Å². The monoisotopic (exact) mass is 370 g/mol. The highest BCUT2D eigenvalue weighted by atomic mass is 32.1. The van der Waals surface area contributed by atoms with E-state index in [0.29, 0.717) is 10.8 Å². The summed E-state index contributed by atoms with van der Waals surface area (Å²) in [5.41, 5.74) is 0.886. The number of para-hydroxylation sites is 1. The summed E-state index contributed by atoms with van der Waals surface area (Å²) >= 11 is 1.49. The van der Waals surface area contributed by atoms with Crippen molar-refractivity contribution in [2.45, 2.75) is 31.7 Å². The highest BCUT2D eigenvalue weighted by Gasteiger charge is 2.20. The fraction of sp³-hybridized carbons (Fsp3) is 0.316. The van der Waals surface area contributed by atoms with Gasteiger partial charge >= 0.3 is 5.97 Å². The number of esters is 1. The van der Waals surface area contributed by atoms with Crippen LogP contribution in [0.4, 0.5) is 0 Å². The summed E-state index contributed by atoms with van der Waals surface area (Å²) in [5.74, 6) is -0.358. The van der Waals surface area contributed by atoms with Crippen molar-refractivity contribution in [3.8, 4) is 10.8 Å². The van der Waals surface area contributed by atoms with Gasteiger partial charge < -0.3 is 14.5 Å². The van der Waals surface area contributed by atoms with Crippen LogP contribution in [0.5, 0.6) is 0 Å². The summed E-state index contributed by atoms with van der Waals surface area (Å²) in [5, 5.41) is 3.57. The molecule has 1 N–H and O–H groups in total. The van der Waals surface area contributed by atoms with Crippen LogP contribution in [-0.4, -0.2) is 29.5 Å². The number of furan rings is 1. The zero-order valence-electron chi connectivity index (χ0n) is 14.1. The fourth-order valence-corrected chi connectivity index (χ4v) is 4.01. The highest BCUT2D eigenvalue weighted by Crippen LogP contribution is 2.31. The topological polar surface area (TPSA) is 81.4 Å². The SMILES string of the molecule is O=C(COC(=O)c1ccc(-c2nc3ccccc3s2)o1)NC1CCCC1.